The standard InChI is InChI=1S/C12H13Cl2F3N2O/c1-7(2)5-19(6-12(15,16)17)11(20)8-3-10(14)18-4-9(8)13/h3-4,7H,5-6H2,1-2H3. The van der Waals surface area contributed by atoms with Gasteiger partial charge < -0.3 is 4.90 Å². The Morgan fingerprint density at radius 2 is 2.00 bits per heavy atom. The van der Waals surface area contributed by atoms with E-state index in [4.69, 9.17) is 23.2 Å². The number of hydrogen-bond acceptors (Lipinski definition) is 2. The third-order valence-electron chi connectivity index (χ3n) is 2.30. The summed E-state index contributed by atoms with van der Waals surface area (Å²) < 4.78 is 37.6. The maximum atomic E-state index is 12.5. The van der Waals surface area contributed by atoms with Crippen molar-refractivity contribution in [1.82, 2.24) is 9.88 Å². The number of nitrogens with zero attached hydrogens (tertiary/aromatic N) is 2. The minimum absolute atomic E-state index is 0.00532. The van der Waals surface area contributed by atoms with Gasteiger partial charge in [-0.2, -0.15) is 13.2 Å². The summed E-state index contributed by atoms with van der Waals surface area (Å²) >= 11 is 11.4. The maximum Gasteiger partial charge on any atom is 0.406 e. The molecule has 0 spiro atoms. The lowest BCUT2D eigenvalue weighted by atomic mass is 10.1. The first-order chi connectivity index (χ1) is 9.10. The van der Waals surface area contributed by atoms with Crippen LogP contribution >= 0.6 is 23.2 Å². The molecule has 20 heavy (non-hydrogen) atoms. The van der Waals surface area contributed by atoms with E-state index in [-0.39, 0.29) is 28.2 Å². The normalized spacial score (nSPS) is 11.8. The summed E-state index contributed by atoms with van der Waals surface area (Å²) in [5, 5.41) is -0.0374. The van der Waals surface area contributed by atoms with E-state index in [1.807, 2.05) is 0 Å². The molecule has 8 heteroatoms. The minimum atomic E-state index is -4.48. The molecule has 0 radical (unpaired) electrons. The monoisotopic (exact) mass is 328 g/mol. The predicted molar refractivity (Wildman–Crippen MR) is 71.1 cm³/mol. The number of hydrogen-bond donors (Lipinski definition) is 0. The van der Waals surface area contributed by atoms with Crippen LogP contribution in [0.4, 0.5) is 13.2 Å². The van der Waals surface area contributed by atoms with E-state index in [0.717, 1.165) is 12.3 Å². The number of carbonyl (C=O) groups is 1. The summed E-state index contributed by atoms with van der Waals surface area (Å²) in [6.07, 6.45) is -3.34. The van der Waals surface area contributed by atoms with Gasteiger partial charge in [-0.25, -0.2) is 4.98 Å². The second kappa shape index (κ2) is 6.63. The predicted octanol–water partition coefficient (Wildman–Crippen LogP) is 4.05. The van der Waals surface area contributed by atoms with Crippen molar-refractivity contribution in [1.29, 1.82) is 0 Å². The molecule has 0 saturated carbocycles. The van der Waals surface area contributed by atoms with Crippen molar-refractivity contribution in [2.45, 2.75) is 20.0 Å². The molecule has 0 fully saturated rings. The zero-order valence-corrected chi connectivity index (χ0v) is 12.4. The smallest absolute Gasteiger partial charge is 0.329 e. The van der Waals surface area contributed by atoms with Crippen LogP contribution in [0.1, 0.15) is 24.2 Å². The molecule has 0 aliphatic carbocycles. The van der Waals surface area contributed by atoms with Crippen LogP contribution in [0.3, 0.4) is 0 Å². The van der Waals surface area contributed by atoms with Crippen molar-refractivity contribution in [3.63, 3.8) is 0 Å². The van der Waals surface area contributed by atoms with E-state index in [0.29, 0.717) is 4.90 Å². The first-order valence-corrected chi connectivity index (χ1v) is 6.53. The van der Waals surface area contributed by atoms with Gasteiger partial charge in [0.05, 0.1) is 10.6 Å². The number of alkyl halides is 3. The summed E-state index contributed by atoms with van der Waals surface area (Å²) in [5.41, 5.74) is -0.0865. The molecule has 0 unspecified atom stereocenters. The molecular weight excluding hydrogens is 316 g/mol. The van der Waals surface area contributed by atoms with Gasteiger partial charge >= 0.3 is 6.18 Å². The maximum absolute atomic E-state index is 12.5. The van der Waals surface area contributed by atoms with Crippen LogP contribution in [0.25, 0.3) is 0 Å². The number of pyridine rings is 1. The van der Waals surface area contributed by atoms with Crippen molar-refractivity contribution in [3.8, 4) is 0 Å². The Morgan fingerprint density at radius 1 is 1.40 bits per heavy atom. The van der Waals surface area contributed by atoms with Crippen LogP contribution < -0.4 is 0 Å². The second-order valence-electron chi connectivity index (χ2n) is 4.68. The topological polar surface area (TPSA) is 33.2 Å². The van der Waals surface area contributed by atoms with Crippen molar-refractivity contribution in [3.05, 3.63) is 28.0 Å². The SMILES string of the molecule is CC(C)CN(CC(F)(F)F)C(=O)c1cc(Cl)ncc1Cl. The zero-order valence-electron chi connectivity index (χ0n) is 10.8. The largest absolute Gasteiger partial charge is 0.406 e. The van der Waals surface area contributed by atoms with E-state index in [1.165, 1.54) is 0 Å². The fourth-order valence-electron chi connectivity index (χ4n) is 1.62. The molecule has 0 aliphatic heterocycles. The van der Waals surface area contributed by atoms with Gasteiger partial charge in [0, 0.05) is 12.7 Å². The molecule has 0 N–H and O–H groups in total. The number of amides is 1. The molecule has 1 amide bonds. The Labute approximate surface area is 124 Å². The van der Waals surface area contributed by atoms with Crippen LogP contribution in [0.2, 0.25) is 10.2 Å². The van der Waals surface area contributed by atoms with E-state index < -0.39 is 18.6 Å². The van der Waals surface area contributed by atoms with Gasteiger partial charge in [0.25, 0.3) is 5.91 Å². The molecule has 3 nitrogen and oxygen atoms in total. The third kappa shape index (κ3) is 5.17. The Bertz CT molecular complexity index is 492. The van der Waals surface area contributed by atoms with Crippen molar-refractivity contribution < 1.29 is 18.0 Å². The first kappa shape index (κ1) is 17.0. The van der Waals surface area contributed by atoms with Gasteiger partial charge in [0.1, 0.15) is 11.7 Å². The molecular formula is C12H13Cl2F3N2O. The van der Waals surface area contributed by atoms with Crippen LogP contribution in [-0.4, -0.2) is 35.1 Å². The fraction of sp³-hybridized carbons (Fsp3) is 0.500. The number of rotatable bonds is 4. The van der Waals surface area contributed by atoms with Crippen molar-refractivity contribution in [2.75, 3.05) is 13.1 Å². The molecule has 0 atom stereocenters. The van der Waals surface area contributed by atoms with Crippen LogP contribution in [-0.2, 0) is 0 Å². The molecule has 112 valence electrons. The van der Waals surface area contributed by atoms with Crippen LogP contribution in [0.15, 0.2) is 12.3 Å². The van der Waals surface area contributed by atoms with Gasteiger partial charge in [-0.05, 0) is 12.0 Å². The van der Waals surface area contributed by atoms with E-state index in [9.17, 15) is 18.0 Å². The van der Waals surface area contributed by atoms with Crippen molar-refractivity contribution >= 4 is 29.1 Å². The molecule has 0 aromatic carbocycles. The molecule has 0 saturated heterocycles. The summed E-state index contributed by atoms with van der Waals surface area (Å²) in [6.45, 7) is 2.07. The molecule has 1 aromatic heterocycles. The van der Waals surface area contributed by atoms with Gasteiger partial charge in [0.15, 0.2) is 0 Å². The van der Waals surface area contributed by atoms with Gasteiger partial charge in [-0.15, -0.1) is 0 Å². The lowest BCUT2D eigenvalue weighted by Gasteiger charge is -2.26. The number of carbonyl (C=O) groups excluding carboxylic acids is 1. The summed E-state index contributed by atoms with van der Waals surface area (Å²) in [4.78, 5) is 16.6. The highest BCUT2D eigenvalue weighted by atomic mass is 35.5. The molecule has 0 bridgehead atoms. The number of halogens is 5. The summed E-state index contributed by atoms with van der Waals surface area (Å²) in [7, 11) is 0. The molecule has 1 rings (SSSR count). The highest BCUT2D eigenvalue weighted by molar-refractivity contribution is 6.35. The highest BCUT2D eigenvalue weighted by Crippen LogP contribution is 2.23. The fourth-order valence-corrected chi connectivity index (χ4v) is 1.97. The Kier molecular flexibility index (Phi) is 5.65. The Hall–Kier alpha value is -1.01. The van der Waals surface area contributed by atoms with E-state index in [1.54, 1.807) is 13.8 Å². The average Bonchev–Trinajstić information content (AvgIpc) is 2.28. The first-order valence-electron chi connectivity index (χ1n) is 5.77. The summed E-state index contributed by atoms with van der Waals surface area (Å²) in [5.74, 6) is -0.928. The summed E-state index contributed by atoms with van der Waals surface area (Å²) in [6, 6.07) is 1.16. The van der Waals surface area contributed by atoms with E-state index >= 15 is 0 Å². The Balaban J connectivity index is 3.06. The van der Waals surface area contributed by atoms with Crippen molar-refractivity contribution in [2.24, 2.45) is 5.92 Å². The van der Waals surface area contributed by atoms with E-state index in [2.05, 4.69) is 4.98 Å². The second-order valence-corrected chi connectivity index (χ2v) is 5.48. The third-order valence-corrected chi connectivity index (χ3v) is 2.80. The van der Waals surface area contributed by atoms with Gasteiger partial charge in [-0.1, -0.05) is 37.0 Å². The molecule has 0 aliphatic rings. The van der Waals surface area contributed by atoms with Gasteiger partial charge in [0.2, 0.25) is 0 Å². The van der Waals surface area contributed by atoms with Gasteiger partial charge in [-0.3, -0.25) is 4.79 Å². The minimum Gasteiger partial charge on any atom is -0.329 e. The lowest BCUT2D eigenvalue weighted by Crippen LogP contribution is -2.41. The average molecular weight is 329 g/mol. The number of aromatic nitrogens is 1. The molecule has 1 aromatic rings. The van der Waals surface area contributed by atoms with Crippen LogP contribution in [0.5, 0.6) is 0 Å². The lowest BCUT2D eigenvalue weighted by molar-refractivity contribution is -0.141. The highest BCUT2D eigenvalue weighted by Gasteiger charge is 2.34. The molecule has 1 heterocycles. The van der Waals surface area contributed by atoms with Crippen LogP contribution in [0, 0.1) is 5.92 Å². The zero-order chi connectivity index (χ0) is 15.5. The quantitative estimate of drug-likeness (QED) is 0.781. The Morgan fingerprint density at radius 3 is 2.50 bits per heavy atom.